The summed E-state index contributed by atoms with van der Waals surface area (Å²) >= 11 is 0. The summed E-state index contributed by atoms with van der Waals surface area (Å²) in [4.78, 5) is 21.1. The molecule has 4 heteroatoms. The molecule has 0 heterocycles. The number of carbonyl (C=O) groups is 2. The van der Waals surface area contributed by atoms with E-state index in [1.54, 1.807) is 0 Å². The van der Waals surface area contributed by atoms with Gasteiger partial charge in [0.15, 0.2) is 0 Å². The van der Waals surface area contributed by atoms with E-state index in [2.05, 4.69) is 0 Å². The van der Waals surface area contributed by atoms with Gasteiger partial charge in [-0.2, -0.15) is 0 Å². The molecule has 0 aromatic rings. The number of ether oxygens (including phenoxy) is 1. The van der Waals surface area contributed by atoms with Gasteiger partial charge in [-0.15, -0.1) is 0 Å². The number of carbonyl (C=O) groups excluding carboxylic acids is 1. The third-order valence-electron chi connectivity index (χ3n) is 1.72. The molecule has 0 aromatic heterocycles. The lowest BCUT2D eigenvalue weighted by molar-refractivity contribution is -0.156. The average Bonchev–Trinajstić information content (AvgIpc) is 1.98. The second-order valence-electron chi connectivity index (χ2n) is 3.25. The monoisotopic (exact) mass is 188 g/mol. The minimum absolute atomic E-state index is 0.174. The van der Waals surface area contributed by atoms with Gasteiger partial charge in [0.1, 0.15) is 12.5 Å². The SMILES string of the molecule is CCC(OC(=O)CC(=O)O)C(C)C. The Morgan fingerprint density at radius 2 is 1.92 bits per heavy atom. The van der Waals surface area contributed by atoms with Crippen molar-refractivity contribution in [3.8, 4) is 0 Å². The van der Waals surface area contributed by atoms with Crippen molar-refractivity contribution in [1.82, 2.24) is 0 Å². The van der Waals surface area contributed by atoms with Gasteiger partial charge in [-0.05, 0) is 12.3 Å². The number of aliphatic carboxylic acids is 1. The predicted octanol–water partition coefficient (Wildman–Crippen LogP) is 1.44. The van der Waals surface area contributed by atoms with Crippen molar-refractivity contribution in [3.05, 3.63) is 0 Å². The summed E-state index contributed by atoms with van der Waals surface area (Å²) in [7, 11) is 0. The first-order chi connectivity index (χ1) is 5.97. The van der Waals surface area contributed by atoms with E-state index in [-0.39, 0.29) is 12.0 Å². The van der Waals surface area contributed by atoms with E-state index in [9.17, 15) is 9.59 Å². The van der Waals surface area contributed by atoms with Crippen LogP contribution in [0.2, 0.25) is 0 Å². The van der Waals surface area contributed by atoms with Gasteiger partial charge in [0, 0.05) is 0 Å². The molecule has 0 aliphatic carbocycles. The van der Waals surface area contributed by atoms with Crippen molar-refractivity contribution in [2.45, 2.75) is 39.7 Å². The molecule has 0 spiro atoms. The van der Waals surface area contributed by atoms with Crippen molar-refractivity contribution in [2.75, 3.05) is 0 Å². The van der Waals surface area contributed by atoms with Gasteiger partial charge in [0.05, 0.1) is 0 Å². The van der Waals surface area contributed by atoms with Crippen LogP contribution in [0.3, 0.4) is 0 Å². The van der Waals surface area contributed by atoms with E-state index < -0.39 is 18.4 Å². The average molecular weight is 188 g/mol. The molecule has 4 nitrogen and oxygen atoms in total. The largest absolute Gasteiger partial charge is 0.481 e. The maximum atomic E-state index is 10.9. The van der Waals surface area contributed by atoms with Crippen LogP contribution in [-0.2, 0) is 14.3 Å². The van der Waals surface area contributed by atoms with Gasteiger partial charge in [-0.25, -0.2) is 0 Å². The van der Waals surface area contributed by atoms with Crippen LogP contribution in [0.1, 0.15) is 33.6 Å². The first kappa shape index (κ1) is 11.9. The smallest absolute Gasteiger partial charge is 0.317 e. The van der Waals surface area contributed by atoms with Gasteiger partial charge >= 0.3 is 11.9 Å². The zero-order valence-corrected chi connectivity index (χ0v) is 8.24. The maximum absolute atomic E-state index is 10.9. The topological polar surface area (TPSA) is 63.6 Å². The summed E-state index contributed by atoms with van der Waals surface area (Å²) in [6.07, 6.45) is -0.0152. The molecule has 1 unspecified atom stereocenters. The van der Waals surface area contributed by atoms with Crippen molar-refractivity contribution in [1.29, 1.82) is 0 Å². The molecule has 0 fully saturated rings. The highest BCUT2D eigenvalue weighted by Crippen LogP contribution is 2.10. The minimum Gasteiger partial charge on any atom is -0.481 e. The summed E-state index contributed by atoms with van der Waals surface area (Å²) in [5.74, 6) is -1.58. The highest BCUT2D eigenvalue weighted by Gasteiger charge is 2.17. The molecule has 0 aromatic carbocycles. The fraction of sp³-hybridized carbons (Fsp3) is 0.778. The Kier molecular flexibility index (Phi) is 5.11. The van der Waals surface area contributed by atoms with Crippen LogP contribution < -0.4 is 0 Å². The Morgan fingerprint density at radius 1 is 1.38 bits per heavy atom. The third kappa shape index (κ3) is 5.22. The van der Waals surface area contributed by atoms with Gasteiger partial charge in [0.25, 0.3) is 0 Å². The Labute approximate surface area is 77.9 Å². The Hall–Kier alpha value is -1.06. The van der Waals surface area contributed by atoms with E-state index in [0.717, 1.165) is 0 Å². The van der Waals surface area contributed by atoms with Crippen LogP contribution >= 0.6 is 0 Å². The number of carboxylic acid groups (broad SMARTS) is 1. The van der Waals surface area contributed by atoms with Crippen LogP contribution in [0.25, 0.3) is 0 Å². The number of hydrogen-bond donors (Lipinski definition) is 1. The fourth-order valence-electron chi connectivity index (χ4n) is 1.02. The molecule has 0 aliphatic heterocycles. The van der Waals surface area contributed by atoms with Gasteiger partial charge in [0.2, 0.25) is 0 Å². The fourth-order valence-corrected chi connectivity index (χ4v) is 1.02. The quantitative estimate of drug-likeness (QED) is 0.523. The van der Waals surface area contributed by atoms with Crippen molar-refractivity contribution in [3.63, 3.8) is 0 Å². The molecule has 1 atom stereocenters. The lowest BCUT2D eigenvalue weighted by Gasteiger charge is -2.18. The molecular weight excluding hydrogens is 172 g/mol. The first-order valence-corrected chi connectivity index (χ1v) is 4.38. The Bertz CT molecular complexity index is 186. The van der Waals surface area contributed by atoms with Gasteiger partial charge in [-0.1, -0.05) is 20.8 Å². The highest BCUT2D eigenvalue weighted by atomic mass is 16.5. The summed E-state index contributed by atoms with van der Waals surface area (Å²) in [5, 5.41) is 8.31. The lowest BCUT2D eigenvalue weighted by Crippen LogP contribution is -2.24. The second-order valence-corrected chi connectivity index (χ2v) is 3.25. The van der Waals surface area contributed by atoms with Gasteiger partial charge in [-0.3, -0.25) is 9.59 Å². The van der Waals surface area contributed by atoms with E-state index >= 15 is 0 Å². The summed E-state index contributed by atoms with van der Waals surface area (Å²) in [6.45, 7) is 5.77. The molecule has 0 saturated heterocycles. The van der Waals surface area contributed by atoms with Crippen LogP contribution in [0.15, 0.2) is 0 Å². The maximum Gasteiger partial charge on any atom is 0.317 e. The van der Waals surface area contributed by atoms with Crippen molar-refractivity contribution in [2.24, 2.45) is 5.92 Å². The van der Waals surface area contributed by atoms with E-state index in [4.69, 9.17) is 9.84 Å². The van der Waals surface area contributed by atoms with Crippen LogP contribution in [-0.4, -0.2) is 23.1 Å². The van der Waals surface area contributed by atoms with Crippen LogP contribution in [0, 0.1) is 5.92 Å². The summed E-state index contributed by atoms with van der Waals surface area (Å²) in [5.41, 5.74) is 0. The molecular formula is C9H16O4. The van der Waals surface area contributed by atoms with Gasteiger partial charge < -0.3 is 9.84 Å². The molecule has 1 N–H and O–H groups in total. The zero-order chi connectivity index (χ0) is 10.4. The summed E-state index contributed by atoms with van der Waals surface area (Å²) < 4.78 is 4.95. The van der Waals surface area contributed by atoms with Crippen molar-refractivity contribution < 1.29 is 19.4 Å². The molecule has 13 heavy (non-hydrogen) atoms. The summed E-state index contributed by atoms with van der Waals surface area (Å²) in [6, 6.07) is 0. The molecule has 0 radical (unpaired) electrons. The molecule has 0 bridgehead atoms. The normalized spacial score (nSPS) is 12.6. The lowest BCUT2D eigenvalue weighted by atomic mass is 10.1. The standard InChI is InChI=1S/C9H16O4/c1-4-7(6(2)3)13-9(12)5-8(10)11/h6-7H,4-5H2,1-3H3,(H,10,11). The second kappa shape index (κ2) is 5.56. The molecule has 0 amide bonds. The number of hydrogen-bond acceptors (Lipinski definition) is 3. The number of rotatable bonds is 5. The number of carboxylic acids is 1. The van der Waals surface area contributed by atoms with E-state index in [1.807, 2.05) is 20.8 Å². The van der Waals surface area contributed by atoms with Crippen LogP contribution in [0.5, 0.6) is 0 Å². The molecule has 0 aliphatic rings. The third-order valence-corrected chi connectivity index (χ3v) is 1.72. The molecule has 76 valence electrons. The van der Waals surface area contributed by atoms with E-state index in [1.165, 1.54) is 0 Å². The Balaban J connectivity index is 3.94. The predicted molar refractivity (Wildman–Crippen MR) is 47.3 cm³/mol. The minimum atomic E-state index is -1.15. The van der Waals surface area contributed by atoms with E-state index in [0.29, 0.717) is 6.42 Å². The van der Waals surface area contributed by atoms with Crippen molar-refractivity contribution >= 4 is 11.9 Å². The zero-order valence-electron chi connectivity index (χ0n) is 8.24. The molecule has 0 saturated carbocycles. The first-order valence-electron chi connectivity index (χ1n) is 4.38. The number of esters is 1. The molecule has 0 rings (SSSR count). The Morgan fingerprint density at radius 3 is 2.23 bits per heavy atom. The highest BCUT2D eigenvalue weighted by molar-refractivity contribution is 5.90. The van der Waals surface area contributed by atoms with Crippen LogP contribution in [0.4, 0.5) is 0 Å².